The summed E-state index contributed by atoms with van der Waals surface area (Å²) in [6.07, 6.45) is 2.86. The van der Waals surface area contributed by atoms with E-state index in [4.69, 9.17) is 0 Å². The van der Waals surface area contributed by atoms with Crippen LogP contribution in [0.5, 0.6) is 0 Å². The maximum atomic E-state index is 4.18. The van der Waals surface area contributed by atoms with Crippen LogP contribution >= 0.6 is 0 Å². The fourth-order valence-electron chi connectivity index (χ4n) is 2.92. The third-order valence-electron chi connectivity index (χ3n) is 3.99. The van der Waals surface area contributed by atoms with Gasteiger partial charge in [0.05, 0.1) is 0 Å². The summed E-state index contributed by atoms with van der Waals surface area (Å²) in [5.74, 6) is 0. The van der Waals surface area contributed by atoms with Gasteiger partial charge in [0.25, 0.3) is 0 Å². The maximum absolute atomic E-state index is 4.18. The molecule has 21 heavy (non-hydrogen) atoms. The van der Waals surface area contributed by atoms with Crippen LogP contribution < -0.4 is 0 Å². The van der Waals surface area contributed by atoms with Crippen molar-refractivity contribution < 1.29 is 0 Å². The van der Waals surface area contributed by atoms with Crippen LogP contribution in [0.1, 0.15) is 34.7 Å². The van der Waals surface area contributed by atoms with Crippen LogP contribution in [-0.4, -0.2) is 0 Å². The highest BCUT2D eigenvalue weighted by Gasteiger charge is 2.14. The van der Waals surface area contributed by atoms with Crippen LogP contribution in [0.4, 0.5) is 0 Å². The second kappa shape index (κ2) is 6.13. The Morgan fingerprint density at radius 2 is 1.76 bits per heavy atom. The second-order valence-corrected chi connectivity index (χ2v) is 5.75. The lowest BCUT2D eigenvalue weighted by atomic mass is 9.86. The first-order valence-corrected chi connectivity index (χ1v) is 7.50. The van der Waals surface area contributed by atoms with E-state index in [9.17, 15) is 0 Å². The first-order chi connectivity index (χ1) is 9.97. The summed E-state index contributed by atoms with van der Waals surface area (Å²) in [4.78, 5) is 0. The number of benzene rings is 2. The van der Waals surface area contributed by atoms with E-state index >= 15 is 0 Å². The highest BCUT2D eigenvalue weighted by Crippen LogP contribution is 2.35. The van der Waals surface area contributed by atoms with Crippen LogP contribution in [0.2, 0.25) is 0 Å². The number of allylic oxidation sites excluding steroid dienone is 2. The molecule has 0 aliphatic carbocycles. The fourth-order valence-corrected chi connectivity index (χ4v) is 2.92. The first kappa shape index (κ1) is 15.3. The minimum atomic E-state index is 0.989. The zero-order valence-corrected chi connectivity index (χ0v) is 13.6. The van der Waals surface area contributed by atoms with Crippen LogP contribution in [-0.2, 0) is 6.42 Å². The maximum Gasteiger partial charge on any atom is -0.00708 e. The van der Waals surface area contributed by atoms with Gasteiger partial charge in [-0.15, -0.1) is 0 Å². The van der Waals surface area contributed by atoms with Gasteiger partial charge in [0.1, 0.15) is 0 Å². The van der Waals surface area contributed by atoms with E-state index in [-0.39, 0.29) is 0 Å². The summed E-state index contributed by atoms with van der Waals surface area (Å²) in [5, 5.41) is 0. The van der Waals surface area contributed by atoms with E-state index in [1.54, 1.807) is 0 Å². The SMILES string of the molecule is C=CC(=C)c1cc(C)cc(CC)c1-c1ccc(C)cc1C. The Morgan fingerprint density at radius 3 is 2.33 bits per heavy atom. The van der Waals surface area contributed by atoms with Crippen molar-refractivity contribution in [1.82, 2.24) is 0 Å². The lowest BCUT2D eigenvalue weighted by Crippen LogP contribution is -1.97. The van der Waals surface area contributed by atoms with Crippen LogP contribution in [0.3, 0.4) is 0 Å². The zero-order chi connectivity index (χ0) is 15.6. The molecule has 0 heterocycles. The van der Waals surface area contributed by atoms with Crippen molar-refractivity contribution in [2.75, 3.05) is 0 Å². The molecular formula is C21H24. The molecule has 0 aliphatic heterocycles. The predicted molar refractivity (Wildman–Crippen MR) is 94.7 cm³/mol. The Hall–Kier alpha value is -2.08. The van der Waals surface area contributed by atoms with E-state index < -0.39 is 0 Å². The molecular weight excluding hydrogens is 252 g/mol. The molecule has 0 fully saturated rings. The van der Waals surface area contributed by atoms with E-state index in [1.807, 2.05) is 6.08 Å². The predicted octanol–water partition coefficient (Wildman–Crippen LogP) is 6.04. The molecule has 0 amide bonds. The molecule has 0 heteroatoms. The highest BCUT2D eigenvalue weighted by atomic mass is 14.2. The molecule has 0 aromatic heterocycles. The molecule has 0 radical (unpaired) electrons. The van der Waals surface area contributed by atoms with Gasteiger partial charge in [0, 0.05) is 0 Å². The summed E-state index contributed by atoms with van der Waals surface area (Å²) in [6.45, 7) is 16.7. The molecule has 2 aromatic carbocycles. The molecule has 0 unspecified atom stereocenters. The summed E-state index contributed by atoms with van der Waals surface area (Å²) in [6, 6.07) is 11.2. The van der Waals surface area contributed by atoms with Crippen LogP contribution in [0.25, 0.3) is 16.7 Å². The average Bonchev–Trinajstić information content (AvgIpc) is 2.46. The number of hydrogen-bond donors (Lipinski definition) is 0. The van der Waals surface area contributed by atoms with Gasteiger partial charge in [-0.2, -0.15) is 0 Å². The van der Waals surface area contributed by atoms with Crippen molar-refractivity contribution >= 4 is 5.57 Å². The van der Waals surface area contributed by atoms with Gasteiger partial charge in [-0.3, -0.25) is 0 Å². The molecule has 0 bridgehead atoms. The molecule has 0 saturated carbocycles. The quantitative estimate of drug-likeness (QED) is 0.597. The Bertz CT molecular complexity index is 702. The van der Waals surface area contributed by atoms with Crippen molar-refractivity contribution in [1.29, 1.82) is 0 Å². The average molecular weight is 276 g/mol. The minimum Gasteiger partial charge on any atom is -0.0985 e. The topological polar surface area (TPSA) is 0 Å². The van der Waals surface area contributed by atoms with Gasteiger partial charge in [0.15, 0.2) is 0 Å². The molecule has 108 valence electrons. The van der Waals surface area contributed by atoms with E-state index in [2.05, 4.69) is 71.2 Å². The largest absolute Gasteiger partial charge is 0.0985 e. The molecule has 2 aromatic rings. The van der Waals surface area contributed by atoms with E-state index in [0.29, 0.717) is 0 Å². The standard InChI is InChI=1S/C21H24/c1-7-16(5)20-13-15(4)12-18(8-2)21(20)19-10-9-14(3)11-17(19)6/h7,9-13H,1,5,8H2,2-4,6H3. The van der Waals surface area contributed by atoms with Crippen LogP contribution in [0, 0.1) is 20.8 Å². The third-order valence-corrected chi connectivity index (χ3v) is 3.99. The second-order valence-electron chi connectivity index (χ2n) is 5.75. The van der Waals surface area contributed by atoms with Gasteiger partial charge < -0.3 is 0 Å². The zero-order valence-electron chi connectivity index (χ0n) is 13.6. The molecule has 0 spiro atoms. The van der Waals surface area contributed by atoms with Crippen molar-refractivity contribution in [3.05, 3.63) is 77.4 Å². The first-order valence-electron chi connectivity index (χ1n) is 7.50. The summed E-state index contributed by atoms with van der Waals surface area (Å²) >= 11 is 0. The van der Waals surface area contributed by atoms with Gasteiger partial charge in [-0.05, 0) is 60.6 Å². The Balaban J connectivity index is 2.82. The number of aryl methyl sites for hydroxylation is 4. The number of rotatable bonds is 4. The molecule has 0 N–H and O–H groups in total. The molecule has 0 aliphatic rings. The Morgan fingerprint density at radius 1 is 1.05 bits per heavy atom. The third kappa shape index (κ3) is 3.00. The monoisotopic (exact) mass is 276 g/mol. The van der Waals surface area contributed by atoms with E-state index in [1.165, 1.54) is 38.9 Å². The highest BCUT2D eigenvalue weighted by molar-refractivity contribution is 5.87. The van der Waals surface area contributed by atoms with Gasteiger partial charge >= 0.3 is 0 Å². The van der Waals surface area contributed by atoms with Crippen molar-refractivity contribution in [2.24, 2.45) is 0 Å². The molecule has 0 nitrogen and oxygen atoms in total. The summed E-state index contributed by atoms with van der Waals surface area (Å²) in [7, 11) is 0. The lowest BCUT2D eigenvalue weighted by molar-refractivity contribution is 1.13. The Labute approximate surface area is 128 Å². The summed E-state index contributed by atoms with van der Waals surface area (Å²) in [5.41, 5.74) is 10.1. The van der Waals surface area contributed by atoms with E-state index in [0.717, 1.165) is 12.0 Å². The normalized spacial score (nSPS) is 10.5. The van der Waals surface area contributed by atoms with Gasteiger partial charge in [0.2, 0.25) is 0 Å². The molecule has 0 atom stereocenters. The minimum absolute atomic E-state index is 0.989. The van der Waals surface area contributed by atoms with Crippen LogP contribution in [0.15, 0.2) is 49.6 Å². The van der Waals surface area contributed by atoms with Crippen molar-refractivity contribution in [3.8, 4) is 11.1 Å². The Kier molecular flexibility index (Phi) is 4.47. The fraction of sp³-hybridized carbons (Fsp3) is 0.238. The molecule has 0 saturated heterocycles. The van der Waals surface area contributed by atoms with Crippen molar-refractivity contribution in [3.63, 3.8) is 0 Å². The van der Waals surface area contributed by atoms with Gasteiger partial charge in [-0.25, -0.2) is 0 Å². The smallest absolute Gasteiger partial charge is 0.00708 e. The lowest BCUT2D eigenvalue weighted by Gasteiger charge is -2.18. The molecule has 2 rings (SSSR count). The van der Waals surface area contributed by atoms with Gasteiger partial charge in [-0.1, -0.05) is 67.6 Å². The number of hydrogen-bond acceptors (Lipinski definition) is 0. The summed E-state index contributed by atoms with van der Waals surface area (Å²) < 4.78 is 0. The van der Waals surface area contributed by atoms with Crippen molar-refractivity contribution in [2.45, 2.75) is 34.1 Å².